The Morgan fingerprint density at radius 3 is 2.62 bits per heavy atom. The second-order valence-electron chi connectivity index (χ2n) is 4.09. The third-order valence-corrected chi connectivity index (χ3v) is 3.80. The molecule has 106 valence electrons. The van der Waals surface area contributed by atoms with Gasteiger partial charge in [-0.1, -0.05) is 11.6 Å². The van der Waals surface area contributed by atoms with E-state index in [-0.39, 0.29) is 0 Å². The van der Waals surface area contributed by atoms with Crippen LogP contribution in [-0.4, -0.2) is 22.1 Å². The first kappa shape index (κ1) is 13.8. The maximum atomic E-state index is 5.96. The molecule has 2 aromatic heterocycles. The van der Waals surface area contributed by atoms with Crippen LogP contribution in [0.5, 0.6) is 5.75 Å². The summed E-state index contributed by atoms with van der Waals surface area (Å²) in [5, 5.41) is 6.06. The average molecular weight is 319 g/mol. The van der Waals surface area contributed by atoms with Crippen LogP contribution in [0.15, 0.2) is 42.0 Å². The second-order valence-corrected chi connectivity index (χ2v) is 5.30. The van der Waals surface area contributed by atoms with Gasteiger partial charge < -0.3 is 10.1 Å². The minimum atomic E-state index is 0.318. The maximum Gasteiger partial charge on any atom is 0.188 e. The summed E-state index contributed by atoms with van der Waals surface area (Å²) in [5.74, 6) is 1.31. The molecule has 0 aliphatic carbocycles. The predicted octanol–water partition coefficient (Wildman–Crippen LogP) is 4.01. The van der Waals surface area contributed by atoms with Gasteiger partial charge in [-0.3, -0.25) is 0 Å². The van der Waals surface area contributed by atoms with Crippen LogP contribution in [0.3, 0.4) is 0 Å². The number of methoxy groups -OCH3 is 1. The van der Waals surface area contributed by atoms with Crippen LogP contribution in [0.1, 0.15) is 0 Å². The van der Waals surface area contributed by atoms with E-state index in [2.05, 4.69) is 20.3 Å². The summed E-state index contributed by atoms with van der Waals surface area (Å²) in [4.78, 5) is 12.6. The molecule has 21 heavy (non-hydrogen) atoms. The van der Waals surface area contributed by atoms with E-state index >= 15 is 0 Å². The Labute approximate surface area is 130 Å². The topological polar surface area (TPSA) is 59.9 Å². The first-order valence-electron chi connectivity index (χ1n) is 6.10. The summed E-state index contributed by atoms with van der Waals surface area (Å²) in [6.07, 6.45) is 3.12. The number of thiazole rings is 1. The van der Waals surface area contributed by atoms with Crippen LogP contribution in [-0.2, 0) is 0 Å². The molecule has 0 saturated heterocycles. The number of nitrogens with zero attached hydrogens (tertiary/aromatic N) is 3. The number of hydrogen-bond donors (Lipinski definition) is 1. The lowest BCUT2D eigenvalue weighted by molar-refractivity contribution is 0.415. The van der Waals surface area contributed by atoms with Crippen molar-refractivity contribution in [2.45, 2.75) is 0 Å². The quantitative estimate of drug-likeness (QED) is 0.787. The molecule has 0 bridgehead atoms. The number of benzene rings is 1. The van der Waals surface area contributed by atoms with Gasteiger partial charge in [0.15, 0.2) is 16.1 Å². The second kappa shape index (κ2) is 6.07. The highest BCUT2D eigenvalue weighted by molar-refractivity contribution is 7.14. The smallest absolute Gasteiger partial charge is 0.188 e. The molecule has 1 aromatic carbocycles. The third-order valence-electron chi connectivity index (χ3n) is 2.77. The number of anilines is 2. The van der Waals surface area contributed by atoms with Gasteiger partial charge in [0, 0.05) is 23.3 Å². The Bertz CT molecular complexity index is 745. The summed E-state index contributed by atoms with van der Waals surface area (Å²) >= 11 is 7.44. The average Bonchev–Trinajstić information content (AvgIpc) is 2.98. The molecule has 0 radical (unpaired) electrons. The molecule has 3 rings (SSSR count). The van der Waals surface area contributed by atoms with Crippen LogP contribution < -0.4 is 10.1 Å². The standard InChI is InChI=1S/C14H11ClN4OS/c1-20-10-4-2-9(3-5-10)11-8-21-14(18-11)19-13-12(15)16-6-7-17-13/h2-8H,1H3,(H,17,18,19). The molecule has 0 saturated carbocycles. The monoisotopic (exact) mass is 318 g/mol. The summed E-state index contributed by atoms with van der Waals surface area (Å²) in [5.41, 5.74) is 1.90. The van der Waals surface area contributed by atoms with Crippen molar-refractivity contribution in [1.29, 1.82) is 0 Å². The van der Waals surface area contributed by atoms with Crippen molar-refractivity contribution in [3.63, 3.8) is 0 Å². The largest absolute Gasteiger partial charge is 0.497 e. The highest BCUT2D eigenvalue weighted by Crippen LogP contribution is 2.29. The molecule has 0 amide bonds. The molecule has 7 heteroatoms. The van der Waals surface area contributed by atoms with Crippen LogP contribution in [0.4, 0.5) is 10.9 Å². The minimum Gasteiger partial charge on any atom is -0.497 e. The van der Waals surface area contributed by atoms with E-state index in [1.54, 1.807) is 13.3 Å². The van der Waals surface area contributed by atoms with Gasteiger partial charge in [0.25, 0.3) is 0 Å². The van der Waals surface area contributed by atoms with Crippen LogP contribution in [0.2, 0.25) is 5.15 Å². The SMILES string of the molecule is COc1ccc(-c2csc(Nc3nccnc3Cl)n2)cc1. The predicted molar refractivity (Wildman–Crippen MR) is 84.4 cm³/mol. The van der Waals surface area contributed by atoms with E-state index in [4.69, 9.17) is 16.3 Å². The Hall–Kier alpha value is -2.18. The van der Waals surface area contributed by atoms with Gasteiger partial charge in [-0.2, -0.15) is 0 Å². The molecule has 0 unspecified atom stereocenters. The van der Waals surface area contributed by atoms with Gasteiger partial charge >= 0.3 is 0 Å². The number of ether oxygens (including phenoxy) is 1. The van der Waals surface area contributed by atoms with Crippen molar-refractivity contribution in [2.24, 2.45) is 0 Å². The zero-order valence-corrected chi connectivity index (χ0v) is 12.6. The fourth-order valence-electron chi connectivity index (χ4n) is 1.73. The minimum absolute atomic E-state index is 0.318. The first-order chi connectivity index (χ1) is 10.3. The van der Waals surface area contributed by atoms with Gasteiger partial charge in [0.05, 0.1) is 12.8 Å². The normalized spacial score (nSPS) is 10.4. The van der Waals surface area contributed by atoms with E-state index in [0.29, 0.717) is 16.1 Å². The fraction of sp³-hybridized carbons (Fsp3) is 0.0714. The molecule has 0 atom stereocenters. The lowest BCUT2D eigenvalue weighted by Gasteiger charge is -2.02. The molecule has 5 nitrogen and oxygen atoms in total. The summed E-state index contributed by atoms with van der Waals surface area (Å²) in [6, 6.07) is 7.74. The fourth-order valence-corrected chi connectivity index (χ4v) is 2.60. The summed E-state index contributed by atoms with van der Waals surface area (Å²) in [6.45, 7) is 0. The molecular formula is C14H11ClN4OS. The van der Waals surface area contributed by atoms with Crippen molar-refractivity contribution in [1.82, 2.24) is 15.0 Å². The lowest BCUT2D eigenvalue weighted by atomic mass is 10.2. The van der Waals surface area contributed by atoms with Crippen molar-refractivity contribution < 1.29 is 4.74 Å². The van der Waals surface area contributed by atoms with Crippen molar-refractivity contribution in [3.8, 4) is 17.0 Å². The van der Waals surface area contributed by atoms with Crippen molar-refractivity contribution in [2.75, 3.05) is 12.4 Å². The highest BCUT2D eigenvalue weighted by atomic mass is 35.5. The molecule has 0 aliphatic rings. The molecule has 0 spiro atoms. The van der Waals surface area contributed by atoms with Crippen molar-refractivity contribution in [3.05, 3.63) is 47.2 Å². The molecule has 2 heterocycles. The molecule has 1 N–H and O–H groups in total. The van der Waals surface area contributed by atoms with E-state index < -0.39 is 0 Å². The van der Waals surface area contributed by atoms with Gasteiger partial charge in [0.2, 0.25) is 0 Å². The molecule has 3 aromatic rings. The first-order valence-corrected chi connectivity index (χ1v) is 7.35. The summed E-state index contributed by atoms with van der Waals surface area (Å²) < 4.78 is 5.14. The number of hydrogen-bond acceptors (Lipinski definition) is 6. The number of nitrogens with one attached hydrogen (secondary N) is 1. The zero-order chi connectivity index (χ0) is 14.7. The molecular weight excluding hydrogens is 308 g/mol. The van der Waals surface area contributed by atoms with Crippen LogP contribution in [0.25, 0.3) is 11.3 Å². The van der Waals surface area contributed by atoms with Gasteiger partial charge in [0.1, 0.15) is 5.75 Å². The van der Waals surface area contributed by atoms with Gasteiger partial charge in [-0.05, 0) is 24.3 Å². The van der Waals surface area contributed by atoms with Gasteiger partial charge in [-0.15, -0.1) is 11.3 Å². The van der Waals surface area contributed by atoms with E-state index in [1.165, 1.54) is 17.5 Å². The Morgan fingerprint density at radius 2 is 1.90 bits per heavy atom. The zero-order valence-electron chi connectivity index (χ0n) is 11.1. The Kier molecular flexibility index (Phi) is 3.98. The maximum absolute atomic E-state index is 5.96. The van der Waals surface area contributed by atoms with E-state index in [0.717, 1.165) is 17.0 Å². The van der Waals surface area contributed by atoms with E-state index in [9.17, 15) is 0 Å². The number of halogens is 1. The van der Waals surface area contributed by atoms with Crippen LogP contribution >= 0.6 is 22.9 Å². The summed E-state index contributed by atoms with van der Waals surface area (Å²) in [7, 11) is 1.64. The van der Waals surface area contributed by atoms with E-state index in [1.807, 2.05) is 29.6 Å². The van der Waals surface area contributed by atoms with Gasteiger partial charge in [-0.25, -0.2) is 15.0 Å². The third kappa shape index (κ3) is 3.12. The highest BCUT2D eigenvalue weighted by Gasteiger charge is 2.08. The molecule has 0 aliphatic heterocycles. The Balaban J connectivity index is 1.81. The van der Waals surface area contributed by atoms with Crippen molar-refractivity contribution >= 4 is 33.9 Å². The number of rotatable bonds is 4. The Morgan fingerprint density at radius 1 is 1.14 bits per heavy atom. The molecule has 0 fully saturated rings. The lowest BCUT2D eigenvalue weighted by Crippen LogP contribution is -1.95. The van der Waals surface area contributed by atoms with Crippen LogP contribution in [0, 0.1) is 0 Å². The number of aromatic nitrogens is 3.